The first kappa shape index (κ1) is 12.8. The van der Waals surface area contributed by atoms with E-state index in [2.05, 4.69) is 15.4 Å². The number of rotatable bonds is 3. The van der Waals surface area contributed by atoms with Gasteiger partial charge in [0.25, 0.3) is 0 Å². The molecule has 0 heterocycles. The quantitative estimate of drug-likeness (QED) is 0.713. The molecule has 0 unspecified atom stereocenters. The summed E-state index contributed by atoms with van der Waals surface area (Å²) in [7, 11) is 1.31. The lowest BCUT2D eigenvalue weighted by atomic mass is 9.96. The summed E-state index contributed by atoms with van der Waals surface area (Å²) in [6.07, 6.45) is 5.63. The van der Waals surface area contributed by atoms with Crippen LogP contribution in [-0.4, -0.2) is 31.2 Å². The van der Waals surface area contributed by atoms with Gasteiger partial charge in [-0.1, -0.05) is 19.3 Å². The van der Waals surface area contributed by atoms with Gasteiger partial charge in [-0.3, -0.25) is 0 Å². The number of carbonyl (C=O) groups excluding carboxylic acids is 2. The molecule has 2 N–H and O–H groups in total. The zero-order valence-corrected chi connectivity index (χ0v) is 9.91. The average Bonchev–Trinajstić information content (AvgIpc) is 2.29. The van der Waals surface area contributed by atoms with Crippen LogP contribution in [0.1, 0.15) is 39.0 Å². The van der Waals surface area contributed by atoms with Crippen LogP contribution >= 0.6 is 0 Å². The lowest BCUT2D eigenvalue weighted by Crippen LogP contribution is -2.48. The summed E-state index contributed by atoms with van der Waals surface area (Å²) in [5.74, 6) is -0.432. The summed E-state index contributed by atoms with van der Waals surface area (Å²) in [5, 5.41) is 5.42. The molecule has 0 bridgehead atoms. The molecule has 5 heteroatoms. The maximum absolute atomic E-state index is 11.5. The van der Waals surface area contributed by atoms with E-state index >= 15 is 0 Å². The van der Waals surface area contributed by atoms with Crippen LogP contribution in [-0.2, 0) is 9.53 Å². The Labute approximate surface area is 95.9 Å². The van der Waals surface area contributed by atoms with E-state index in [1.54, 1.807) is 6.92 Å². The lowest BCUT2D eigenvalue weighted by molar-refractivity contribution is -0.142. The van der Waals surface area contributed by atoms with Crippen molar-refractivity contribution < 1.29 is 14.3 Å². The molecule has 0 aromatic rings. The fraction of sp³-hybridized carbons (Fsp3) is 0.818. The predicted octanol–water partition coefficient (Wildman–Crippen LogP) is 1.18. The van der Waals surface area contributed by atoms with Crippen molar-refractivity contribution in [1.82, 2.24) is 10.6 Å². The van der Waals surface area contributed by atoms with Gasteiger partial charge in [-0.05, 0) is 19.8 Å². The topological polar surface area (TPSA) is 67.4 Å². The second kappa shape index (κ2) is 6.35. The highest BCUT2D eigenvalue weighted by Crippen LogP contribution is 2.17. The highest BCUT2D eigenvalue weighted by Gasteiger charge is 2.19. The van der Waals surface area contributed by atoms with Crippen molar-refractivity contribution in [3.63, 3.8) is 0 Å². The second-order valence-electron chi connectivity index (χ2n) is 4.20. The number of nitrogens with one attached hydrogen (secondary N) is 2. The molecular formula is C11H20N2O3. The van der Waals surface area contributed by atoms with Gasteiger partial charge in [0.1, 0.15) is 6.04 Å². The molecule has 0 aromatic heterocycles. The molecule has 0 spiro atoms. The van der Waals surface area contributed by atoms with Gasteiger partial charge in [-0.2, -0.15) is 0 Å². The van der Waals surface area contributed by atoms with Crippen LogP contribution in [0.15, 0.2) is 0 Å². The van der Waals surface area contributed by atoms with E-state index in [0.717, 1.165) is 25.7 Å². The predicted molar refractivity (Wildman–Crippen MR) is 60.0 cm³/mol. The van der Waals surface area contributed by atoms with Crippen LogP contribution in [0.2, 0.25) is 0 Å². The van der Waals surface area contributed by atoms with E-state index in [1.165, 1.54) is 13.5 Å². The van der Waals surface area contributed by atoms with Crippen molar-refractivity contribution in [2.45, 2.75) is 51.1 Å². The third-order valence-corrected chi connectivity index (χ3v) is 2.84. The molecule has 1 aliphatic carbocycles. The van der Waals surface area contributed by atoms with Crippen molar-refractivity contribution in [3.8, 4) is 0 Å². The Kier molecular flexibility index (Phi) is 5.08. The first-order valence-electron chi connectivity index (χ1n) is 5.78. The Balaban J connectivity index is 2.26. The van der Waals surface area contributed by atoms with Crippen molar-refractivity contribution >= 4 is 12.0 Å². The van der Waals surface area contributed by atoms with Gasteiger partial charge in [0.05, 0.1) is 7.11 Å². The number of amides is 2. The molecule has 1 atom stereocenters. The van der Waals surface area contributed by atoms with Crippen LogP contribution in [0, 0.1) is 0 Å². The molecule has 1 fully saturated rings. The maximum atomic E-state index is 11.5. The molecule has 0 aromatic carbocycles. The summed E-state index contributed by atoms with van der Waals surface area (Å²) in [6.45, 7) is 1.60. The minimum absolute atomic E-state index is 0.249. The monoisotopic (exact) mass is 228 g/mol. The van der Waals surface area contributed by atoms with E-state index in [4.69, 9.17) is 0 Å². The smallest absolute Gasteiger partial charge is 0.328 e. The Morgan fingerprint density at radius 2 is 1.88 bits per heavy atom. The van der Waals surface area contributed by atoms with E-state index in [0.29, 0.717) is 0 Å². The molecule has 92 valence electrons. The Hall–Kier alpha value is -1.26. The molecule has 1 saturated carbocycles. The molecule has 0 aliphatic heterocycles. The Morgan fingerprint density at radius 3 is 2.44 bits per heavy atom. The number of esters is 1. The van der Waals surface area contributed by atoms with Crippen molar-refractivity contribution in [2.24, 2.45) is 0 Å². The third-order valence-electron chi connectivity index (χ3n) is 2.84. The molecule has 1 rings (SSSR count). The Morgan fingerprint density at radius 1 is 1.25 bits per heavy atom. The third kappa shape index (κ3) is 4.08. The number of hydrogen-bond donors (Lipinski definition) is 2. The number of methoxy groups -OCH3 is 1. The van der Waals surface area contributed by atoms with E-state index in [-0.39, 0.29) is 12.1 Å². The fourth-order valence-corrected chi connectivity index (χ4v) is 1.91. The molecule has 1 aliphatic rings. The maximum Gasteiger partial charge on any atom is 0.328 e. The minimum Gasteiger partial charge on any atom is -0.467 e. The van der Waals surface area contributed by atoms with E-state index in [1.807, 2.05) is 0 Å². The van der Waals surface area contributed by atoms with Crippen LogP contribution < -0.4 is 10.6 Å². The van der Waals surface area contributed by atoms with Crippen LogP contribution in [0.25, 0.3) is 0 Å². The molecule has 5 nitrogen and oxygen atoms in total. The number of carbonyl (C=O) groups is 2. The van der Waals surface area contributed by atoms with Gasteiger partial charge in [0.2, 0.25) is 0 Å². The minimum atomic E-state index is -0.603. The van der Waals surface area contributed by atoms with Gasteiger partial charge in [-0.25, -0.2) is 9.59 Å². The van der Waals surface area contributed by atoms with Gasteiger partial charge in [-0.15, -0.1) is 0 Å². The number of urea groups is 1. The summed E-state index contributed by atoms with van der Waals surface area (Å²) in [6, 6.07) is -0.642. The zero-order chi connectivity index (χ0) is 12.0. The first-order valence-corrected chi connectivity index (χ1v) is 5.78. The normalized spacial score (nSPS) is 18.6. The lowest BCUT2D eigenvalue weighted by Gasteiger charge is -2.23. The molecule has 2 amide bonds. The highest BCUT2D eigenvalue weighted by molar-refractivity contribution is 5.83. The van der Waals surface area contributed by atoms with Crippen molar-refractivity contribution in [1.29, 1.82) is 0 Å². The molecule has 0 radical (unpaired) electrons. The average molecular weight is 228 g/mol. The van der Waals surface area contributed by atoms with Crippen LogP contribution in [0.4, 0.5) is 4.79 Å². The van der Waals surface area contributed by atoms with Crippen molar-refractivity contribution in [3.05, 3.63) is 0 Å². The van der Waals surface area contributed by atoms with Crippen molar-refractivity contribution in [2.75, 3.05) is 7.11 Å². The largest absolute Gasteiger partial charge is 0.467 e. The van der Waals surface area contributed by atoms with Gasteiger partial charge < -0.3 is 15.4 Å². The van der Waals surface area contributed by atoms with Gasteiger partial charge in [0, 0.05) is 6.04 Å². The van der Waals surface area contributed by atoms with Crippen LogP contribution in [0.5, 0.6) is 0 Å². The summed E-state index contributed by atoms with van der Waals surface area (Å²) >= 11 is 0. The second-order valence-corrected chi connectivity index (χ2v) is 4.20. The first-order chi connectivity index (χ1) is 7.63. The standard InChI is InChI=1S/C11H20N2O3/c1-8(10(14)16-2)12-11(15)13-9-6-4-3-5-7-9/h8-9H,3-7H2,1-2H3,(H2,12,13,15)/t8-/m1/s1. The fourth-order valence-electron chi connectivity index (χ4n) is 1.91. The van der Waals surface area contributed by atoms with Gasteiger partial charge in [0.15, 0.2) is 0 Å². The SMILES string of the molecule is COC(=O)[C@@H](C)NC(=O)NC1CCCCC1. The number of hydrogen-bond acceptors (Lipinski definition) is 3. The van der Waals surface area contributed by atoms with E-state index in [9.17, 15) is 9.59 Å². The van der Waals surface area contributed by atoms with Crippen LogP contribution in [0.3, 0.4) is 0 Å². The summed E-state index contributed by atoms with van der Waals surface area (Å²) < 4.78 is 4.52. The zero-order valence-electron chi connectivity index (χ0n) is 9.91. The summed E-state index contributed by atoms with van der Waals surface area (Å²) in [4.78, 5) is 22.6. The van der Waals surface area contributed by atoms with Gasteiger partial charge >= 0.3 is 12.0 Å². The Bertz CT molecular complexity index is 250. The molecular weight excluding hydrogens is 208 g/mol. The number of ether oxygens (including phenoxy) is 1. The molecule has 16 heavy (non-hydrogen) atoms. The molecule has 0 saturated heterocycles. The van der Waals surface area contributed by atoms with E-state index < -0.39 is 12.0 Å². The highest BCUT2D eigenvalue weighted by atomic mass is 16.5. The summed E-state index contributed by atoms with van der Waals surface area (Å²) in [5.41, 5.74) is 0.